The monoisotopic (exact) mass is 1340 g/mol. The van der Waals surface area contributed by atoms with Crippen LogP contribution in [0.3, 0.4) is 0 Å². The van der Waals surface area contributed by atoms with E-state index >= 15 is 0 Å². The van der Waals surface area contributed by atoms with Gasteiger partial charge in [-0.2, -0.15) is 0 Å². The van der Waals surface area contributed by atoms with Crippen LogP contribution in [0.1, 0.15) is 316 Å². The summed E-state index contributed by atoms with van der Waals surface area (Å²) < 4.78 is 34.4. The number of nitrogens with one attached hydrogen (secondary N) is 1. The van der Waals surface area contributed by atoms with E-state index < -0.39 is 124 Å². The second kappa shape index (κ2) is 57.0. The minimum Gasteiger partial charge on any atom is -0.394 e. The molecule has 17 unspecified atom stereocenters. The standard InChI is InChI=1S/C75H141NO18/c1-3-5-7-9-11-13-15-17-19-21-22-23-24-25-26-27-28-29-30-31-32-33-34-35-37-38-40-42-44-46-48-50-52-59(80)58(76-63(81)53-51-49-47-45-43-41-39-36-20-18-16-14-12-10-8-6-4-2)57-89-73-69(87)66(84)71(61(55-78)91-73)94-75-70(88)67(85)72(62(56-79)92-75)93-74-68(86)65(83)64(82)60(54-77)90-74/h18,20,50,52,58-62,64-75,77-80,82-88H,3-17,19,21-49,51,53-57H2,1-2H3,(H,76,81)/b20-18-,52-50+. The van der Waals surface area contributed by atoms with Crippen molar-refractivity contribution in [1.82, 2.24) is 5.32 Å². The third kappa shape index (κ3) is 37.6. The molecule has 3 aliphatic rings. The van der Waals surface area contributed by atoms with Crippen LogP contribution in [-0.4, -0.2) is 193 Å². The first-order valence-corrected chi connectivity index (χ1v) is 38.6. The number of unbranched alkanes of at least 4 members (excludes halogenated alkanes) is 43. The molecular weight excluding hydrogens is 1200 g/mol. The van der Waals surface area contributed by atoms with Gasteiger partial charge >= 0.3 is 0 Å². The summed E-state index contributed by atoms with van der Waals surface area (Å²) in [5.74, 6) is -0.276. The van der Waals surface area contributed by atoms with Gasteiger partial charge in [0.15, 0.2) is 18.9 Å². The van der Waals surface area contributed by atoms with Crippen LogP contribution in [-0.2, 0) is 33.2 Å². The van der Waals surface area contributed by atoms with E-state index in [2.05, 4.69) is 31.3 Å². The van der Waals surface area contributed by atoms with Crippen molar-refractivity contribution in [3.63, 3.8) is 0 Å². The summed E-state index contributed by atoms with van der Waals surface area (Å²) in [5, 5.41) is 121. The topological polar surface area (TPSA) is 307 Å². The molecule has 12 N–H and O–H groups in total. The van der Waals surface area contributed by atoms with Gasteiger partial charge in [-0.1, -0.05) is 289 Å². The van der Waals surface area contributed by atoms with Gasteiger partial charge in [-0.25, -0.2) is 0 Å². The minimum atomic E-state index is -1.98. The van der Waals surface area contributed by atoms with Gasteiger partial charge in [0.1, 0.15) is 73.2 Å². The molecule has 3 aliphatic heterocycles. The molecule has 19 heteroatoms. The molecule has 0 radical (unpaired) electrons. The van der Waals surface area contributed by atoms with Crippen LogP contribution in [0, 0.1) is 0 Å². The van der Waals surface area contributed by atoms with Gasteiger partial charge < -0.3 is 89.9 Å². The van der Waals surface area contributed by atoms with E-state index in [1.807, 2.05) is 6.08 Å². The van der Waals surface area contributed by atoms with Crippen molar-refractivity contribution >= 4 is 5.91 Å². The first kappa shape index (κ1) is 86.5. The highest BCUT2D eigenvalue weighted by atomic mass is 16.8. The zero-order valence-electron chi connectivity index (χ0n) is 59.0. The van der Waals surface area contributed by atoms with Gasteiger partial charge in [0.2, 0.25) is 5.91 Å². The van der Waals surface area contributed by atoms with Crippen LogP contribution in [0.15, 0.2) is 24.3 Å². The molecule has 0 saturated carbocycles. The number of rotatable bonds is 61. The number of carbonyl (C=O) groups excluding carboxylic acids is 1. The number of amides is 1. The highest BCUT2D eigenvalue weighted by Gasteiger charge is 2.53. The van der Waals surface area contributed by atoms with Crippen molar-refractivity contribution in [1.29, 1.82) is 0 Å². The second-order valence-corrected chi connectivity index (χ2v) is 27.8. The fourth-order valence-electron chi connectivity index (χ4n) is 13.2. The normalized spacial score (nSPS) is 27.4. The predicted octanol–water partition coefficient (Wildman–Crippen LogP) is 11.8. The zero-order chi connectivity index (χ0) is 68.2. The molecule has 94 heavy (non-hydrogen) atoms. The van der Waals surface area contributed by atoms with Crippen LogP contribution < -0.4 is 5.32 Å². The van der Waals surface area contributed by atoms with E-state index in [0.29, 0.717) is 6.42 Å². The quantitative estimate of drug-likeness (QED) is 0.0199. The van der Waals surface area contributed by atoms with Gasteiger partial charge in [-0.15, -0.1) is 0 Å². The Hall–Kier alpha value is -1.73. The maximum Gasteiger partial charge on any atom is 0.220 e. The molecule has 0 spiro atoms. The number of ether oxygens (including phenoxy) is 6. The summed E-state index contributed by atoms with van der Waals surface area (Å²) in [4.78, 5) is 13.4. The van der Waals surface area contributed by atoms with Crippen LogP contribution in [0.5, 0.6) is 0 Å². The molecule has 554 valence electrons. The fourth-order valence-corrected chi connectivity index (χ4v) is 13.2. The molecule has 0 bridgehead atoms. The third-order valence-electron chi connectivity index (χ3n) is 19.5. The Labute approximate surface area is 568 Å². The molecular formula is C75H141NO18. The summed E-state index contributed by atoms with van der Waals surface area (Å²) in [6.45, 7) is 1.77. The highest BCUT2D eigenvalue weighted by Crippen LogP contribution is 2.33. The summed E-state index contributed by atoms with van der Waals surface area (Å²) >= 11 is 0. The number of hydrogen-bond acceptors (Lipinski definition) is 18. The van der Waals surface area contributed by atoms with E-state index in [1.54, 1.807) is 6.08 Å². The molecule has 19 nitrogen and oxygen atoms in total. The van der Waals surface area contributed by atoms with Crippen LogP contribution in [0.2, 0.25) is 0 Å². The third-order valence-corrected chi connectivity index (χ3v) is 19.5. The molecule has 3 saturated heterocycles. The largest absolute Gasteiger partial charge is 0.394 e. The first-order valence-electron chi connectivity index (χ1n) is 38.6. The predicted molar refractivity (Wildman–Crippen MR) is 370 cm³/mol. The number of allylic oxidation sites excluding steroid dienone is 3. The molecule has 0 aromatic carbocycles. The van der Waals surface area contributed by atoms with Gasteiger partial charge in [-0.3, -0.25) is 4.79 Å². The number of aliphatic hydroxyl groups excluding tert-OH is 11. The summed E-state index contributed by atoms with van der Waals surface area (Å²) in [7, 11) is 0. The Bertz CT molecular complexity index is 1800. The van der Waals surface area contributed by atoms with Crippen LogP contribution in [0.4, 0.5) is 0 Å². The maximum atomic E-state index is 13.4. The Balaban J connectivity index is 1.37. The average molecular weight is 1340 g/mol. The van der Waals surface area contributed by atoms with Crippen molar-refractivity contribution < 1.29 is 89.4 Å². The Morgan fingerprint density at radius 1 is 0.372 bits per heavy atom. The smallest absolute Gasteiger partial charge is 0.220 e. The van der Waals surface area contributed by atoms with Crippen molar-refractivity contribution in [2.45, 2.75) is 420 Å². The maximum absolute atomic E-state index is 13.4. The summed E-state index contributed by atoms with van der Waals surface area (Å²) in [6, 6.07) is -0.975. The number of carbonyl (C=O) groups is 1. The van der Waals surface area contributed by atoms with Crippen LogP contribution >= 0.6 is 0 Å². The zero-order valence-corrected chi connectivity index (χ0v) is 59.0. The lowest BCUT2D eigenvalue weighted by Crippen LogP contribution is -2.66. The number of hydrogen-bond donors (Lipinski definition) is 12. The average Bonchev–Trinajstić information content (AvgIpc) is 0.787. The van der Waals surface area contributed by atoms with Crippen molar-refractivity contribution in [2.75, 3.05) is 26.4 Å². The van der Waals surface area contributed by atoms with Gasteiger partial charge in [0.25, 0.3) is 0 Å². The minimum absolute atomic E-state index is 0.240. The van der Waals surface area contributed by atoms with Crippen molar-refractivity contribution in [3.8, 4) is 0 Å². The lowest BCUT2D eigenvalue weighted by molar-refractivity contribution is -0.379. The van der Waals surface area contributed by atoms with Crippen LogP contribution in [0.25, 0.3) is 0 Å². The van der Waals surface area contributed by atoms with Gasteiger partial charge in [0.05, 0.1) is 38.6 Å². The molecule has 3 rings (SSSR count). The molecule has 1 amide bonds. The molecule has 0 aliphatic carbocycles. The van der Waals surface area contributed by atoms with E-state index in [1.165, 1.54) is 231 Å². The Morgan fingerprint density at radius 2 is 0.670 bits per heavy atom. The fraction of sp³-hybridized carbons (Fsp3) is 0.933. The van der Waals surface area contributed by atoms with Gasteiger partial charge in [-0.05, 0) is 44.9 Å². The summed E-state index contributed by atoms with van der Waals surface area (Å²) in [5.41, 5.74) is 0. The lowest BCUT2D eigenvalue weighted by Gasteiger charge is -2.48. The SMILES string of the molecule is CCCCCCCC/C=C\CCCCCCCCCC(=O)NC(COC1OC(CO)C(OC2OC(CO)C(OC3OC(CO)C(O)C(O)C3O)C(O)C2O)C(O)C1O)C(O)/C=C/CCCCCCCCCCCCCCCCCCCCCCCCCCCCCCCC. The number of aliphatic hydroxyl groups is 11. The van der Waals surface area contributed by atoms with E-state index in [4.69, 9.17) is 28.4 Å². The van der Waals surface area contributed by atoms with Gasteiger partial charge in [0, 0.05) is 6.42 Å². The van der Waals surface area contributed by atoms with Crippen molar-refractivity contribution in [3.05, 3.63) is 24.3 Å². The lowest BCUT2D eigenvalue weighted by atomic mass is 9.96. The van der Waals surface area contributed by atoms with E-state index in [-0.39, 0.29) is 18.9 Å². The van der Waals surface area contributed by atoms with E-state index in [9.17, 15) is 61.0 Å². The molecule has 0 aromatic heterocycles. The molecule has 17 atom stereocenters. The molecule has 3 fully saturated rings. The Morgan fingerprint density at radius 3 is 1.03 bits per heavy atom. The second-order valence-electron chi connectivity index (χ2n) is 27.8. The molecule has 0 aromatic rings. The first-order chi connectivity index (χ1) is 45.8. The van der Waals surface area contributed by atoms with Crippen molar-refractivity contribution in [2.24, 2.45) is 0 Å². The molecule has 3 heterocycles. The Kier molecular flexibility index (Phi) is 52.4. The highest BCUT2D eigenvalue weighted by molar-refractivity contribution is 5.76. The van der Waals surface area contributed by atoms with E-state index in [0.717, 1.165) is 57.8 Å². The summed E-state index contributed by atoms with van der Waals surface area (Å²) in [6.07, 6.45) is 40.3.